The highest BCUT2D eigenvalue weighted by molar-refractivity contribution is 7.91. The number of benzene rings is 1. The molecular weight excluding hydrogens is 432 g/mol. The summed E-state index contributed by atoms with van der Waals surface area (Å²) >= 11 is 0. The third-order valence-electron chi connectivity index (χ3n) is 4.76. The van der Waals surface area contributed by atoms with Gasteiger partial charge in [0.1, 0.15) is 5.76 Å². The van der Waals surface area contributed by atoms with Gasteiger partial charge in [0.15, 0.2) is 6.61 Å². The Morgan fingerprint density at radius 1 is 1.13 bits per heavy atom. The van der Waals surface area contributed by atoms with Gasteiger partial charge >= 0.3 is 11.7 Å². The lowest BCUT2D eigenvalue weighted by Gasteiger charge is -2.08. The maximum Gasteiger partial charge on any atom is 0.341 e. The van der Waals surface area contributed by atoms with Crippen LogP contribution >= 0.6 is 0 Å². The second-order valence-electron chi connectivity index (χ2n) is 6.78. The lowest BCUT2D eigenvalue weighted by atomic mass is 10.1. The summed E-state index contributed by atoms with van der Waals surface area (Å²) < 4.78 is 60.2. The number of alkyl halides is 2. The first-order chi connectivity index (χ1) is 14.6. The number of hydrogen-bond donors (Lipinski definition) is 0. The molecule has 0 fully saturated rings. The number of carbonyl (C=O) groups is 2. The molecule has 0 amide bonds. The first kappa shape index (κ1) is 22.4. The lowest BCUT2D eigenvalue weighted by Crippen LogP contribution is -2.16. The highest BCUT2D eigenvalue weighted by atomic mass is 32.2. The maximum absolute atomic E-state index is 12.6. The van der Waals surface area contributed by atoms with Crippen molar-refractivity contribution < 1.29 is 35.9 Å². The number of esters is 1. The molecule has 0 aliphatic carbocycles. The Bertz CT molecular complexity index is 1200. The SMILES string of the molecule is Cc1cc(C(=O)COC(=O)c2ccc(S(=O)(=O)C(F)F)cc2)c(C)n1Cc1ccco1. The van der Waals surface area contributed by atoms with E-state index in [1.165, 1.54) is 0 Å². The van der Waals surface area contributed by atoms with Gasteiger partial charge in [0.25, 0.3) is 0 Å². The van der Waals surface area contributed by atoms with Crippen LogP contribution in [0, 0.1) is 13.8 Å². The Kier molecular flexibility index (Phi) is 6.40. The number of aryl methyl sites for hydroxylation is 1. The topological polar surface area (TPSA) is 95.6 Å². The van der Waals surface area contributed by atoms with Crippen molar-refractivity contribution in [3.63, 3.8) is 0 Å². The van der Waals surface area contributed by atoms with Crippen LogP contribution in [0.15, 0.2) is 58.0 Å². The zero-order valence-electron chi connectivity index (χ0n) is 16.7. The second-order valence-corrected chi connectivity index (χ2v) is 8.70. The average Bonchev–Trinajstić information content (AvgIpc) is 3.35. The average molecular weight is 451 g/mol. The molecule has 3 aromatic rings. The normalized spacial score (nSPS) is 11.6. The van der Waals surface area contributed by atoms with Gasteiger partial charge in [0, 0.05) is 17.0 Å². The van der Waals surface area contributed by atoms with Crippen LogP contribution in [0.25, 0.3) is 0 Å². The number of sulfone groups is 1. The Morgan fingerprint density at radius 2 is 1.81 bits per heavy atom. The number of ether oxygens (including phenoxy) is 1. The Balaban J connectivity index is 1.66. The van der Waals surface area contributed by atoms with Crippen LogP contribution in [0.4, 0.5) is 8.78 Å². The molecule has 2 heterocycles. The number of ketones is 1. The van der Waals surface area contributed by atoms with Crippen molar-refractivity contribution in [2.24, 2.45) is 0 Å². The van der Waals surface area contributed by atoms with Gasteiger partial charge in [-0.05, 0) is 56.3 Å². The fourth-order valence-electron chi connectivity index (χ4n) is 3.06. The minimum absolute atomic E-state index is 0.0655. The molecule has 0 saturated carbocycles. The molecule has 1 aromatic carbocycles. The van der Waals surface area contributed by atoms with E-state index in [-0.39, 0.29) is 5.56 Å². The minimum Gasteiger partial charge on any atom is -0.467 e. The summed E-state index contributed by atoms with van der Waals surface area (Å²) in [6, 6.07) is 9.17. The highest BCUT2D eigenvalue weighted by Gasteiger charge is 2.26. The second kappa shape index (κ2) is 8.84. The Hall–Kier alpha value is -3.27. The number of carbonyl (C=O) groups excluding carboxylic acids is 2. The number of rotatable bonds is 8. The molecule has 10 heteroatoms. The summed E-state index contributed by atoms with van der Waals surface area (Å²) in [6.07, 6.45) is 1.56. The molecule has 3 rings (SSSR count). The first-order valence-corrected chi connectivity index (χ1v) is 10.7. The molecule has 31 heavy (non-hydrogen) atoms. The van der Waals surface area contributed by atoms with Crippen LogP contribution in [-0.2, 0) is 21.1 Å². The third kappa shape index (κ3) is 4.74. The number of Topliss-reactive ketones (excluding diaryl/α,β-unsaturated/α-hetero) is 1. The lowest BCUT2D eigenvalue weighted by molar-refractivity contribution is 0.0474. The van der Waals surface area contributed by atoms with Crippen molar-refractivity contribution in [3.8, 4) is 0 Å². The molecule has 0 N–H and O–H groups in total. The molecular formula is C21H19F2NO6S. The number of furan rings is 1. The van der Waals surface area contributed by atoms with Crippen molar-refractivity contribution in [2.75, 3.05) is 6.61 Å². The van der Waals surface area contributed by atoms with Crippen LogP contribution in [0.5, 0.6) is 0 Å². The predicted octanol–water partition coefficient (Wildman–Crippen LogP) is 3.78. The molecule has 0 aliphatic heterocycles. The van der Waals surface area contributed by atoms with E-state index in [2.05, 4.69) is 0 Å². The number of hydrogen-bond acceptors (Lipinski definition) is 6. The smallest absolute Gasteiger partial charge is 0.341 e. The van der Waals surface area contributed by atoms with Crippen molar-refractivity contribution in [2.45, 2.75) is 31.0 Å². The minimum atomic E-state index is -4.76. The van der Waals surface area contributed by atoms with Gasteiger partial charge in [0.05, 0.1) is 23.3 Å². The van der Waals surface area contributed by atoms with E-state index in [0.717, 1.165) is 35.7 Å². The van der Waals surface area contributed by atoms with E-state index in [4.69, 9.17) is 9.15 Å². The van der Waals surface area contributed by atoms with E-state index in [9.17, 15) is 26.8 Å². The molecule has 7 nitrogen and oxygen atoms in total. The molecule has 164 valence electrons. The van der Waals surface area contributed by atoms with Gasteiger partial charge in [-0.3, -0.25) is 4.79 Å². The van der Waals surface area contributed by atoms with Crippen molar-refractivity contribution >= 4 is 21.6 Å². The summed E-state index contributed by atoms with van der Waals surface area (Å²) in [5.74, 6) is -4.12. The molecule has 0 spiro atoms. The van der Waals surface area contributed by atoms with Crippen LogP contribution < -0.4 is 0 Å². The van der Waals surface area contributed by atoms with Crippen LogP contribution in [0.1, 0.15) is 37.9 Å². The first-order valence-electron chi connectivity index (χ1n) is 9.13. The Labute approximate surface area is 177 Å². The summed E-state index contributed by atoms with van der Waals surface area (Å²) in [6.45, 7) is 3.54. The Morgan fingerprint density at radius 3 is 2.39 bits per heavy atom. The van der Waals surface area contributed by atoms with E-state index in [1.807, 2.05) is 17.6 Å². The quantitative estimate of drug-likeness (QED) is 0.382. The molecule has 0 saturated heterocycles. The van der Waals surface area contributed by atoms with Crippen molar-refractivity contribution in [1.82, 2.24) is 4.57 Å². The third-order valence-corrected chi connectivity index (χ3v) is 6.15. The molecule has 2 aromatic heterocycles. The summed E-state index contributed by atoms with van der Waals surface area (Å²) in [7, 11) is -4.76. The van der Waals surface area contributed by atoms with Crippen molar-refractivity contribution in [1.29, 1.82) is 0 Å². The van der Waals surface area contributed by atoms with Gasteiger partial charge in [-0.1, -0.05) is 0 Å². The standard InChI is InChI=1S/C21H19F2NO6S/c1-13-10-18(14(2)24(13)11-16-4-3-9-29-16)19(25)12-30-20(26)15-5-7-17(8-6-15)31(27,28)21(22)23/h3-10,21H,11-12H2,1-2H3. The van der Waals surface area contributed by atoms with Gasteiger partial charge in [-0.15, -0.1) is 0 Å². The van der Waals surface area contributed by atoms with Gasteiger partial charge < -0.3 is 13.7 Å². The number of aromatic nitrogens is 1. The van der Waals surface area contributed by atoms with Gasteiger partial charge in [-0.25, -0.2) is 13.2 Å². The monoisotopic (exact) mass is 451 g/mol. The van der Waals surface area contributed by atoms with E-state index in [0.29, 0.717) is 17.8 Å². The fourth-order valence-corrected chi connectivity index (χ4v) is 3.78. The maximum atomic E-state index is 12.6. The van der Waals surface area contributed by atoms with E-state index >= 15 is 0 Å². The summed E-state index contributed by atoms with van der Waals surface area (Å²) in [4.78, 5) is 24.1. The van der Waals surface area contributed by atoms with Crippen LogP contribution in [0.3, 0.4) is 0 Å². The van der Waals surface area contributed by atoms with Crippen molar-refractivity contribution in [3.05, 3.63) is 77.0 Å². The largest absolute Gasteiger partial charge is 0.467 e. The summed E-state index contributed by atoms with van der Waals surface area (Å²) in [5.41, 5.74) is 1.86. The number of halogens is 2. The van der Waals surface area contributed by atoms with Gasteiger partial charge in [-0.2, -0.15) is 8.78 Å². The zero-order valence-corrected chi connectivity index (χ0v) is 17.5. The summed E-state index contributed by atoms with van der Waals surface area (Å²) in [5, 5.41) is 0. The predicted molar refractivity (Wildman–Crippen MR) is 106 cm³/mol. The molecule has 0 bridgehead atoms. The molecule has 0 atom stereocenters. The number of nitrogens with zero attached hydrogens (tertiary/aromatic N) is 1. The molecule has 0 unspecified atom stereocenters. The van der Waals surface area contributed by atoms with E-state index < -0.39 is 38.8 Å². The highest BCUT2D eigenvalue weighted by Crippen LogP contribution is 2.20. The molecule has 0 radical (unpaired) electrons. The zero-order chi connectivity index (χ0) is 22.8. The fraction of sp³-hybridized carbons (Fsp3) is 0.238. The van der Waals surface area contributed by atoms with Crippen LogP contribution in [-0.4, -0.2) is 37.1 Å². The van der Waals surface area contributed by atoms with Crippen LogP contribution in [0.2, 0.25) is 0 Å². The van der Waals surface area contributed by atoms with E-state index in [1.54, 1.807) is 25.3 Å². The molecule has 0 aliphatic rings. The van der Waals surface area contributed by atoms with Gasteiger partial charge in [0.2, 0.25) is 15.6 Å².